The number of hydrogen-bond donors (Lipinski definition) is 0. The third-order valence-electron chi connectivity index (χ3n) is 5.64. The van der Waals surface area contributed by atoms with Gasteiger partial charge in [0.05, 0.1) is 6.54 Å². The van der Waals surface area contributed by atoms with Crippen LogP contribution in [0.5, 0.6) is 0 Å². The van der Waals surface area contributed by atoms with Gasteiger partial charge in [-0.3, -0.25) is 13.9 Å². The zero-order valence-electron chi connectivity index (χ0n) is 16.8. The first-order chi connectivity index (χ1) is 15.0. The first-order valence-corrected chi connectivity index (χ1v) is 10.3. The summed E-state index contributed by atoms with van der Waals surface area (Å²) in [5, 5.41) is 0.495. The largest absolute Gasteiger partial charge is 0.332 e. The summed E-state index contributed by atoms with van der Waals surface area (Å²) in [6.07, 6.45) is 0.780. The standard InChI is InChI=1S/C22H19ClFN5O2/c1-26-19-18(20(30)29(22(26)31)13-14-5-2-3-6-17(14)23)28-12-4-11-27(21(28)25-19)16-9-7-15(24)8-10-16/h2-3,5-10H,4,11-13H2,1H3. The van der Waals surface area contributed by atoms with Gasteiger partial charge >= 0.3 is 5.69 Å². The van der Waals surface area contributed by atoms with Crippen molar-refractivity contribution in [3.05, 3.63) is 85.8 Å². The Bertz CT molecular complexity index is 1420. The third kappa shape index (κ3) is 3.14. The number of anilines is 2. The van der Waals surface area contributed by atoms with Gasteiger partial charge in [0, 0.05) is 30.8 Å². The van der Waals surface area contributed by atoms with Gasteiger partial charge in [-0.25, -0.2) is 9.18 Å². The van der Waals surface area contributed by atoms with E-state index < -0.39 is 11.2 Å². The molecule has 1 aliphatic heterocycles. The van der Waals surface area contributed by atoms with Gasteiger partial charge < -0.3 is 9.47 Å². The van der Waals surface area contributed by atoms with E-state index in [4.69, 9.17) is 11.6 Å². The van der Waals surface area contributed by atoms with E-state index in [1.54, 1.807) is 37.4 Å². The smallest absolute Gasteiger partial charge is 0.312 e. The predicted molar refractivity (Wildman–Crippen MR) is 118 cm³/mol. The van der Waals surface area contributed by atoms with E-state index >= 15 is 0 Å². The highest BCUT2D eigenvalue weighted by atomic mass is 35.5. The molecule has 0 radical (unpaired) electrons. The van der Waals surface area contributed by atoms with E-state index in [2.05, 4.69) is 4.98 Å². The second-order valence-electron chi connectivity index (χ2n) is 7.54. The number of aromatic nitrogens is 4. The lowest BCUT2D eigenvalue weighted by Gasteiger charge is -2.29. The van der Waals surface area contributed by atoms with Gasteiger partial charge in [0.2, 0.25) is 5.95 Å². The Morgan fingerprint density at radius 1 is 1.06 bits per heavy atom. The number of rotatable bonds is 3. The predicted octanol–water partition coefficient (Wildman–Crippen LogP) is 3.28. The average Bonchev–Trinajstić information content (AvgIpc) is 3.17. The molecule has 0 fully saturated rings. The van der Waals surface area contributed by atoms with Crippen LogP contribution in [-0.2, 0) is 20.1 Å². The topological polar surface area (TPSA) is 65.1 Å². The van der Waals surface area contributed by atoms with Crippen LogP contribution in [0, 0.1) is 5.82 Å². The lowest BCUT2D eigenvalue weighted by Crippen LogP contribution is -2.40. The van der Waals surface area contributed by atoms with Crippen LogP contribution in [0.25, 0.3) is 11.2 Å². The highest BCUT2D eigenvalue weighted by Gasteiger charge is 2.27. The van der Waals surface area contributed by atoms with Crippen molar-refractivity contribution in [3.63, 3.8) is 0 Å². The minimum absolute atomic E-state index is 0.0727. The molecule has 0 saturated heterocycles. The molecule has 5 rings (SSSR count). The molecule has 0 saturated carbocycles. The molecule has 0 spiro atoms. The van der Waals surface area contributed by atoms with E-state index in [0.29, 0.717) is 40.8 Å². The summed E-state index contributed by atoms with van der Waals surface area (Å²) >= 11 is 6.25. The molecule has 2 aromatic heterocycles. The molecule has 9 heteroatoms. The quantitative estimate of drug-likeness (QED) is 0.491. The average molecular weight is 440 g/mol. The summed E-state index contributed by atoms with van der Waals surface area (Å²) in [6, 6.07) is 13.3. The maximum atomic E-state index is 13.4. The fourth-order valence-electron chi connectivity index (χ4n) is 4.07. The van der Waals surface area contributed by atoms with Crippen LogP contribution in [0.2, 0.25) is 5.02 Å². The fourth-order valence-corrected chi connectivity index (χ4v) is 4.26. The summed E-state index contributed by atoms with van der Waals surface area (Å²) in [5.74, 6) is 0.245. The second kappa shape index (κ2) is 7.39. The molecule has 0 amide bonds. The summed E-state index contributed by atoms with van der Waals surface area (Å²) in [5.41, 5.74) is 1.30. The number of aryl methyl sites for hydroxylation is 2. The minimum Gasteiger partial charge on any atom is -0.312 e. The zero-order chi connectivity index (χ0) is 21.7. The van der Waals surface area contributed by atoms with Crippen molar-refractivity contribution in [1.82, 2.24) is 18.7 Å². The van der Waals surface area contributed by atoms with Crippen molar-refractivity contribution in [2.75, 3.05) is 11.4 Å². The van der Waals surface area contributed by atoms with Crippen LogP contribution in [0.3, 0.4) is 0 Å². The summed E-state index contributed by atoms with van der Waals surface area (Å²) in [6.45, 7) is 1.35. The summed E-state index contributed by atoms with van der Waals surface area (Å²) in [7, 11) is 1.61. The molecular formula is C22H19ClFN5O2. The van der Waals surface area contributed by atoms with E-state index in [1.807, 2.05) is 15.5 Å². The first-order valence-electron chi connectivity index (χ1n) is 9.92. The molecule has 0 N–H and O–H groups in total. The van der Waals surface area contributed by atoms with Crippen molar-refractivity contribution in [2.45, 2.75) is 19.5 Å². The lowest BCUT2D eigenvalue weighted by molar-refractivity contribution is 0.596. The van der Waals surface area contributed by atoms with Crippen LogP contribution in [0.1, 0.15) is 12.0 Å². The summed E-state index contributed by atoms with van der Waals surface area (Å²) in [4.78, 5) is 33.0. The molecule has 4 aromatic rings. The van der Waals surface area contributed by atoms with Gasteiger partial charge in [-0.1, -0.05) is 29.8 Å². The Balaban J connectivity index is 1.71. The number of benzene rings is 2. The molecule has 0 aliphatic carbocycles. The number of halogens is 2. The van der Waals surface area contributed by atoms with Crippen LogP contribution in [0.15, 0.2) is 58.1 Å². The van der Waals surface area contributed by atoms with Crippen molar-refractivity contribution in [3.8, 4) is 0 Å². The van der Waals surface area contributed by atoms with Crippen LogP contribution in [0.4, 0.5) is 16.0 Å². The molecular weight excluding hydrogens is 421 g/mol. The van der Waals surface area contributed by atoms with Crippen LogP contribution >= 0.6 is 11.6 Å². The molecule has 1 aliphatic rings. The fraction of sp³-hybridized carbons (Fsp3) is 0.227. The van der Waals surface area contributed by atoms with Crippen molar-refractivity contribution in [1.29, 1.82) is 0 Å². The van der Waals surface area contributed by atoms with Gasteiger partial charge in [0.15, 0.2) is 11.2 Å². The molecule has 31 heavy (non-hydrogen) atoms. The number of imidazole rings is 1. The Labute approximate surface area is 181 Å². The van der Waals surface area contributed by atoms with Crippen molar-refractivity contribution in [2.24, 2.45) is 7.05 Å². The van der Waals surface area contributed by atoms with E-state index in [1.165, 1.54) is 21.3 Å². The number of nitrogens with zero attached hydrogens (tertiary/aromatic N) is 5. The maximum Gasteiger partial charge on any atom is 0.332 e. The second-order valence-corrected chi connectivity index (χ2v) is 7.95. The highest BCUT2D eigenvalue weighted by Crippen LogP contribution is 2.31. The van der Waals surface area contributed by atoms with Crippen LogP contribution < -0.4 is 16.1 Å². The lowest BCUT2D eigenvalue weighted by atomic mass is 10.2. The zero-order valence-corrected chi connectivity index (χ0v) is 17.5. The highest BCUT2D eigenvalue weighted by molar-refractivity contribution is 6.31. The monoisotopic (exact) mass is 439 g/mol. The van der Waals surface area contributed by atoms with Gasteiger partial charge in [-0.2, -0.15) is 4.98 Å². The Morgan fingerprint density at radius 2 is 1.81 bits per heavy atom. The van der Waals surface area contributed by atoms with Crippen molar-refractivity contribution >= 4 is 34.4 Å². The van der Waals surface area contributed by atoms with Gasteiger partial charge in [-0.15, -0.1) is 0 Å². The van der Waals surface area contributed by atoms with Gasteiger partial charge in [-0.05, 0) is 42.3 Å². The maximum absolute atomic E-state index is 13.4. The molecule has 2 aromatic carbocycles. The Kier molecular flexibility index (Phi) is 4.66. The molecule has 0 atom stereocenters. The Morgan fingerprint density at radius 3 is 2.55 bits per heavy atom. The third-order valence-corrected chi connectivity index (χ3v) is 6.01. The molecule has 7 nitrogen and oxygen atoms in total. The normalized spacial score (nSPS) is 13.6. The van der Waals surface area contributed by atoms with Gasteiger partial charge in [0.25, 0.3) is 5.56 Å². The minimum atomic E-state index is -0.457. The molecule has 158 valence electrons. The SMILES string of the molecule is Cn1c(=O)n(Cc2ccccc2Cl)c(=O)c2c1nc1n2CCCN1c1ccc(F)cc1. The van der Waals surface area contributed by atoms with Crippen LogP contribution in [-0.4, -0.2) is 25.2 Å². The Hall–Kier alpha value is -3.39. The van der Waals surface area contributed by atoms with E-state index in [9.17, 15) is 14.0 Å². The van der Waals surface area contributed by atoms with E-state index in [-0.39, 0.29) is 12.4 Å². The first kappa shape index (κ1) is 19.6. The number of hydrogen-bond acceptors (Lipinski definition) is 4. The summed E-state index contributed by atoms with van der Waals surface area (Å²) < 4.78 is 17.8. The molecule has 0 bridgehead atoms. The molecule has 3 heterocycles. The number of fused-ring (bicyclic) bond motifs is 3. The van der Waals surface area contributed by atoms with Crippen molar-refractivity contribution < 1.29 is 4.39 Å². The van der Waals surface area contributed by atoms with E-state index in [0.717, 1.165) is 12.1 Å². The molecule has 0 unspecified atom stereocenters. The van der Waals surface area contributed by atoms with Gasteiger partial charge in [0.1, 0.15) is 5.82 Å².